The van der Waals surface area contributed by atoms with Crippen LogP contribution in [0.15, 0.2) is 113 Å². The Morgan fingerprint density at radius 3 is 1.76 bits per heavy atom. The summed E-state index contributed by atoms with van der Waals surface area (Å²) in [5, 5.41) is 18.7. The van der Waals surface area contributed by atoms with Crippen molar-refractivity contribution in [1.29, 1.82) is 0 Å². The van der Waals surface area contributed by atoms with Crippen LogP contribution in [0.25, 0.3) is 0 Å². The first kappa shape index (κ1) is 43.2. The maximum atomic E-state index is 12.5. The minimum Gasteiger partial charge on any atom is -0.744 e. The van der Waals surface area contributed by atoms with Gasteiger partial charge in [0.1, 0.15) is 20.2 Å². The smallest absolute Gasteiger partial charge is 0.744 e. The van der Waals surface area contributed by atoms with Crippen molar-refractivity contribution in [2.75, 3.05) is 10.6 Å². The van der Waals surface area contributed by atoms with Crippen molar-refractivity contribution in [3.8, 4) is 0 Å². The molecule has 1 atom stereocenters. The quantitative estimate of drug-likeness (QED) is 0.0624. The number of aryl methyl sites for hydroxylation is 2. The molecule has 0 aliphatic carbocycles. The van der Waals surface area contributed by atoms with E-state index in [1.165, 1.54) is 12.1 Å². The molecule has 0 spiro atoms. The van der Waals surface area contributed by atoms with E-state index in [2.05, 4.69) is 16.7 Å². The number of hydrogen-bond donors (Lipinski definition) is 2. The molecule has 0 amide bonds. The van der Waals surface area contributed by atoms with Gasteiger partial charge < -0.3 is 29.6 Å². The third-order valence-corrected chi connectivity index (χ3v) is 9.17. The number of rotatable bonds is 10. The van der Waals surface area contributed by atoms with E-state index < -0.39 is 41.9 Å². The number of carbonyl (C=O) groups is 1. The molecule has 0 heterocycles. The predicted octanol–water partition coefficient (Wildman–Crippen LogP) is -4.05. The van der Waals surface area contributed by atoms with Gasteiger partial charge in [-0.15, -0.1) is 11.6 Å². The summed E-state index contributed by atoms with van der Waals surface area (Å²) in [4.78, 5) is 10.5. The zero-order valence-corrected chi connectivity index (χ0v) is 35.1. The van der Waals surface area contributed by atoms with E-state index in [0.717, 1.165) is 28.9 Å². The Morgan fingerprint density at radius 1 is 0.673 bits per heavy atom. The average Bonchev–Trinajstić information content (AvgIpc) is 3.00. The molecule has 0 fully saturated rings. The number of hydrogen-bond acceptors (Lipinski definition) is 10. The third-order valence-electron chi connectivity index (χ3n) is 7.45. The Bertz CT molecular complexity index is 2180. The second-order valence-electron chi connectivity index (χ2n) is 10.5. The fraction of sp³-hybridized carbons (Fsp3) is 0.0882. The summed E-state index contributed by atoms with van der Waals surface area (Å²) in [6.07, 6.45) is 0. The molecule has 1 unspecified atom stereocenters. The van der Waals surface area contributed by atoms with Gasteiger partial charge in [-0.05, 0) is 78.4 Å². The van der Waals surface area contributed by atoms with Crippen LogP contribution in [0.1, 0.15) is 44.1 Å². The van der Waals surface area contributed by atoms with Crippen LogP contribution in [0.5, 0.6) is 0 Å². The van der Waals surface area contributed by atoms with Gasteiger partial charge in [0.15, 0.2) is 0 Å². The van der Waals surface area contributed by atoms with E-state index in [1.807, 2.05) is 50.2 Å². The van der Waals surface area contributed by atoms with Gasteiger partial charge in [0.05, 0.1) is 15.8 Å². The third kappa shape index (κ3) is 10.5. The van der Waals surface area contributed by atoms with Gasteiger partial charge in [-0.25, -0.2) is 16.8 Å². The van der Waals surface area contributed by atoms with Crippen LogP contribution in [0.2, 0.25) is 0 Å². The van der Waals surface area contributed by atoms with Crippen molar-refractivity contribution >= 4 is 49.0 Å². The molecule has 0 radical (unpaired) electrons. The van der Waals surface area contributed by atoms with Gasteiger partial charge in [0.25, 0.3) is 0 Å². The van der Waals surface area contributed by atoms with E-state index in [1.54, 1.807) is 36.4 Å². The van der Waals surface area contributed by atoms with Gasteiger partial charge in [-0.3, -0.25) is 0 Å². The number of nitrogens with one attached hydrogen (secondary N) is 2. The maximum Gasteiger partial charge on any atom is 1.00 e. The molecule has 0 saturated carbocycles. The van der Waals surface area contributed by atoms with Crippen LogP contribution in [0, 0.1) is 19.9 Å². The second-order valence-corrected chi connectivity index (χ2v) is 13.3. The summed E-state index contributed by atoms with van der Waals surface area (Å²) < 4.78 is 72.6. The predicted molar refractivity (Wildman–Crippen MR) is 168 cm³/mol. The summed E-state index contributed by atoms with van der Waals surface area (Å²) in [7, 11) is -10.4. The molecule has 5 aromatic carbocycles. The molecule has 0 saturated heterocycles. The van der Waals surface area contributed by atoms with E-state index in [4.69, 9.17) is 0 Å². The SMILES string of the molecule is Cc1ccccc1Nc1[c-]cc(C(c2ccc(Nc3ccccc3C)c(C(=O)[O-])c2)c2ccc(S(=O)(=O)[O-])cc2S(=O)(=O)[O-])cc1.[Na+].[Na+].[Na+]. The van der Waals surface area contributed by atoms with Crippen LogP contribution in [0.4, 0.5) is 22.7 Å². The zero-order chi connectivity index (χ0) is 33.2. The van der Waals surface area contributed by atoms with E-state index in [-0.39, 0.29) is 111 Å². The van der Waals surface area contributed by atoms with Crippen molar-refractivity contribution in [2.45, 2.75) is 29.6 Å². The monoisotopic (exact) mass is 723 g/mol. The van der Waals surface area contributed by atoms with Crippen LogP contribution >= 0.6 is 0 Å². The molecular weight excluding hydrogens is 697 g/mol. The van der Waals surface area contributed by atoms with E-state index in [0.29, 0.717) is 23.0 Å². The Balaban J connectivity index is 0.00000278. The Hall–Kier alpha value is -2.01. The van der Waals surface area contributed by atoms with E-state index in [9.17, 15) is 35.8 Å². The number of aromatic carboxylic acids is 1. The second kappa shape index (κ2) is 18.0. The molecule has 236 valence electrons. The maximum absolute atomic E-state index is 12.5. The number of para-hydroxylation sites is 2. The van der Waals surface area contributed by atoms with Crippen molar-refractivity contribution in [2.24, 2.45) is 0 Å². The minimum absolute atomic E-state index is 0. The zero-order valence-electron chi connectivity index (χ0n) is 27.5. The number of carboxylic acids is 1. The first-order valence-corrected chi connectivity index (χ1v) is 16.6. The largest absolute Gasteiger partial charge is 1.00 e. The number of carbonyl (C=O) groups excluding carboxylic acids is 1. The van der Waals surface area contributed by atoms with Gasteiger partial charge in [-0.2, -0.15) is 18.2 Å². The number of carboxylic acid groups (broad SMARTS) is 1. The van der Waals surface area contributed by atoms with Crippen LogP contribution in [-0.2, 0) is 20.2 Å². The van der Waals surface area contributed by atoms with Crippen LogP contribution in [-0.4, -0.2) is 31.9 Å². The molecule has 15 heteroatoms. The van der Waals surface area contributed by atoms with Crippen molar-refractivity contribution in [1.82, 2.24) is 0 Å². The molecule has 5 aromatic rings. The van der Waals surface area contributed by atoms with Gasteiger partial charge >= 0.3 is 88.7 Å². The summed E-state index contributed by atoms with van der Waals surface area (Å²) >= 11 is 0. The van der Waals surface area contributed by atoms with Crippen molar-refractivity contribution in [3.05, 3.63) is 143 Å². The normalized spacial score (nSPS) is 11.6. The summed E-state index contributed by atoms with van der Waals surface area (Å²) in [5.74, 6) is -2.64. The Kier molecular flexibility index (Phi) is 15.8. The van der Waals surface area contributed by atoms with Gasteiger partial charge in [-0.1, -0.05) is 54.2 Å². The molecule has 0 aliphatic heterocycles. The molecule has 5 rings (SSSR count). The molecule has 2 N–H and O–H groups in total. The number of benzene rings is 5. The summed E-state index contributed by atoms with van der Waals surface area (Å²) in [6.45, 7) is 3.77. The molecule has 10 nitrogen and oxygen atoms in total. The average molecular weight is 724 g/mol. The topological polar surface area (TPSA) is 179 Å². The molecule has 0 aromatic heterocycles. The van der Waals surface area contributed by atoms with E-state index >= 15 is 0 Å². The minimum atomic E-state index is -5.33. The Labute approximate surface area is 352 Å². The number of anilines is 4. The molecule has 0 aliphatic rings. The molecule has 0 bridgehead atoms. The fourth-order valence-corrected chi connectivity index (χ4v) is 6.42. The van der Waals surface area contributed by atoms with Gasteiger partial charge in [0.2, 0.25) is 0 Å². The summed E-state index contributed by atoms with van der Waals surface area (Å²) in [5.41, 5.74) is 4.28. The molecule has 49 heavy (non-hydrogen) atoms. The molecular formula is C34H26N2Na3O8S2-. The standard InChI is InChI=1S/C34H29N2O8S2.3Na/c1-21-7-3-5-9-29(21)35-25-14-11-23(12-15-25)33(27-17-16-26(45(39,40)41)20-32(27)46(42,43)44)24-13-18-31(28(19-24)34(37)38)36-30-10-6-4-8-22(30)2;;;/h3-14,16-20,33,35-36H,1-2H3,(H,37,38)(H,39,40,41)(H,42,43,44);;;/q-1;3*+1/p-3. The van der Waals surface area contributed by atoms with Gasteiger partial charge in [0, 0.05) is 22.6 Å². The first-order valence-electron chi connectivity index (χ1n) is 13.8. The first-order chi connectivity index (χ1) is 21.7. The van der Waals surface area contributed by atoms with Crippen molar-refractivity contribution < 1.29 is 125 Å². The van der Waals surface area contributed by atoms with Crippen LogP contribution < -0.4 is 104 Å². The summed E-state index contributed by atoms with van der Waals surface area (Å²) in [6, 6.07) is 29.6. The van der Waals surface area contributed by atoms with Crippen molar-refractivity contribution in [3.63, 3.8) is 0 Å². The Morgan fingerprint density at radius 2 is 1.24 bits per heavy atom. The fourth-order valence-electron chi connectivity index (χ4n) is 5.11. The van der Waals surface area contributed by atoms with Crippen LogP contribution in [0.3, 0.4) is 0 Å².